The van der Waals surface area contributed by atoms with Gasteiger partial charge in [-0.1, -0.05) is 42.4 Å². The molecule has 2 rings (SSSR count). The molecular weight excluding hydrogens is 288 g/mol. The Morgan fingerprint density at radius 1 is 1.33 bits per heavy atom. The number of methoxy groups -OCH3 is 1. The van der Waals surface area contributed by atoms with E-state index in [-0.39, 0.29) is 16.5 Å². The van der Waals surface area contributed by atoms with Crippen molar-refractivity contribution in [1.29, 1.82) is 0 Å². The number of carbonyl (C=O) groups excluding carboxylic acids is 1. The quantitative estimate of drug-likeness (QED) is 0.761. The molecule has 0 aliphatic rings. The van der Waals surface area contributed by atoms with Crippen molar-refractivity contribution in [2.45, 2.75) is 30.8 Å². The van der Waals surface area contributed by atoms with E-state index in [2.05, 4.69) is 14.9 Å². The highest BCUT2D eigenvalue weighted by Gasteiger charge is 2.20. The predicted octanol–water partition coefficient (Wildman–Crippen LogP) is 3.48. The zero-order valence-corrected chi connectivity index (χ0v) is 13.1. The van der Waals surface area contributed by atoms with E-state index in [4.69, 9.17) is 4.52 Å². The highest BCUT2D eigenvalue weighted by molar-refractivity contribution is 8.00. The number of hydrogen-bond acceptors (Lipinski definition) is 6. The highest BCUT2D eigenvalue weighted by atomic mass is 32.2. The molecule has 5 nitrogen and oxygen atoms in total. The summed E-state index contributed by atoms with van der Waals surface area (Å²) in [6, 6.07) is 9.68. The first-order valence-corrected chi connectivity index (χ1v) is 7.65. The number of rotatable bonds is 6. The van der Waals surface area contributed by atoms with Gasteiger partial charge in [-0.2, -0.15) is 4.98 Å². The van der Waals surface area contributed by atoms with Crippen molar-refractivity contribution in [2.24, 2.45) is 0 Å². The summed E-state index contributed by atoms with van der Waals surface area (Å²) in [4.78, 5) is 15.7. The Hall–Kier alpha value is -1.82. The molecular formula is C15H18N2O3S. The topological polar surface area (TPSA) is 65.2 Å². The van der Waals surface area contributed by atoms with Crippen LogP contribution in [0.5, 0.6) is 0 Å². The van der Waals surface area contributed by atoms with Crippen LogP contribution in [0.15, 0.2) is 34.9 Å². The van der Waals surface area contributed by atoms with Gasteiger partial charge in [0.2, 0.25) is 11.7 Å². The zero-order valence-electron chi connectivity index (χ0n) is 12.3. The van der Waals surface area contributed by atoms with E-state index in [1.165, 1.54) is 7.11 Å². The van der Waals surface area contributed by atoms with Gasteiger partial charge in [0, 0.05) is 10.8 Å². The summed E-state index contributed by atoms with van der Waals surface area (Å²) < 4.78 is 9.98. The number of hydrogen-bond donors (Lipinski definition) is 0. The monoisotopic (exact) mass is 306 g/mol. The Bertz CT molecular complexity index is 586. The van der Waals surface area contributed by atoms with Crippen molar-refractivity contribution in [3.63, 3.8) is 0 Å². The smallest absolute Gasteiger partial charge is 0.306 e. The fourth-order valence-corrected chi connectivity index (χ4v) is 3.02. The van der Waals surface area contributed by atoms with Crippen LogP contribution >= 0.6 is 11.8 Å². The lowest BCUT2D eigenvalue weighted by Gasteiger charge is -2.12. The molecule has 0 amide bonds. The number of benzene rings is 1. The molecule has 6 heteroatoms. The molecule has 112 valence electrons. The van der Waals surface area contributed by atoms with Gasteiger partial charge < -0.3 is 9.26 Å². The van der Waals surface area contributed by atoms with E-state index in [0.29, 0.717) is 18.1 Å². The van der Waals surface area contributed by atoms with Crippen molar-refractivity contribution in [3.8, 4) is 11.4 Å². The Morgan fingerprint density at radius 3 is 2.71 bits per heavy atom. The van der Waals surface area contributed by atoms with Gasteiger partial charge in [-0.3, -0.25) is 4.79 Å². The Kier molecular flexibility index (Phi) is 5.38. The molecule has 0 spiro atoms. The molecule has 0 unspecified atom stereocenters. The first-order chi connectivity index (χ1) is 10.1. The third kappa shape index (κ3) is 4.32. The maximum absolute atomic E-state index is 11.2. The molecule has 0 radical (unpaired) electrons. The maximum Gasteiger partial charge on any atom is 0.306 e. The largest absolute Gasteiger partial charge is 0.469 e. The van der Waals surface area contributed by atoms with Gasteiger partial charge in [-0.05, 0) is 6.92 Å². The summed E-state index contributed by atoms with van der Waals surface area (Å²) >= 11 is 1.61. The third-order valence-electron chi connectivity index (χ3n) is 2.94. The van der Waals surface area contributed by atoms with Crippen LogP contribution in [0, 0.1) is 0 Å². The summed E-state index contributed by atoms with van der Waals surface area (Å²) in [6.45, 7) is 3.97. The van der Waals surface area contributed by atoms with Crippen LogP contribution in [0.4, 0.5) is 0 Å². The number of nitrogens with zero attached hydrogens (tertiary/aromatic N) is 2. The van der Waals surface area contributed by atoms with Crippen LogP contribution in [0.25, 0.3) is 11.4 Å². The molecule has 21 heavy (non-hydrogen) atoms. The summed E-state index contributed by atoms with van der Waals surface area (Å²) in [5.74, 6) is 0.937. The average Bonchev–Trinajstić information content (AvgIpc) is 2.97. The van der Waals surface area contributed by atoms with E-state index in [0.717, 1.165) is 5.56 Å². The molecule has 0 aliphatic carbocycles. The molecule has 0 bridgehead atoms. The van der Waals surface area contributed by atoms with Crippen LogP contribution in [0.3, 0.4) is 0 Å². The van der Waals surface area contributed by atoms with Gasteiger partial charge in [-0.25, -0.2) is 0 Å². The van der Waals surface area contributed by atoms with Gasteiger partial charge in [0.1, 0.15) is 0 Å². The van der Waals surface area contributed by atoms with Gasteiger partial charge in [0.05, 0.1) is 18.8 Å². The standard InChI is InChI=1S/C15H18N2O3S/c1-10(9-13(18)19-3)21-11(2)15-16-14(17-20-15)12-7-5-4-6-8-12/h4-8,10-11H,9H2,1-3H3/t10-,11+/m0/s1. The number of carbonyl (C=O) groups is 1. The average molecular weight is 306 g/mol. The van der Waals surface area contributed by atoms with Crippen molar-refractivity contribution < 1.29 is 14.1 Å². The maximum atomic E-state index is 11.2. The summed E-state index contributed by atoms with van der Waals surface area (Å²) in [5.41, 5.74) is 0.923. The van der Waals surface area contributed by atoms with Crippen LogP contribution in [0.1, 0.15) is 31.4 Å². The number of aromatic nitrogens is 2. The Balaban J connectivity index is 1.99. The number of ether oxygens (including phenoxy) is 1. The van der Waals surface area contributed by atoms with E-state index in [1.807, 2.05) is 44.2 Å². The van der Waals surface area contributed by atoms with Crippen molar-refractivity contribution in [3.05, 3.63) is 36.2 Å². The number of esters is 1. The molecule has 0 saturated carbocycles. The molecule has 2 atom stereocenters. The van der Waals surface area contributed by atoms with Gasteiger partial charge in [0.25, 0.3) is 0 Å². The molecule has 0 fully saturated rings. The van der Waals surface area contributed by atoms with E-state index >= 15 is 0 Å². The second kappa shape index (κ2) is 7.26. The Labute approximate surface area is 128 Å². The summed E-state index contributed by atoms with van der Waals surface area (Å²) in [6.07, 6.45) is 0.366. The molecule has 1 aromatic carbocycles. The van der Waals surface area contributed by atoms with Gasteiger partial charge in [0.15, 0.2) is 0 Å². The fourth-order valence-electron chi connectivity index (χ4n) is 1.88. The number of thioether (sulfide) groups is 1. The predicted molar refractivity (Wildman–Crippen MR) is 81.8 cm³/mol. The lowest BCUT2D eigenvalue weighted by molar-refractivity contribution is -0.140. The molecule has 0 N–H and O–H groups in total. The minimum Gasteiger partial charge on any atom is -0.469 e. The third-order valence-corrected chi connectivity index (χ3v) is 4.18. The molecule has 1 heterocycles. The van der Waals surface area contributed by atoms with Crippen LogP contribution in [-0.2, 0) is 9.53 Å². The molecule has 2 aromatic rings. The van der Waals surface area contributed by atoms with E-state index in [1.54, 1.807) is 11.8 Å². The first kappa shape index (κ1) is 15.6. The van der Waals surface area contributed by atoms with E-state index in [9.17, 15) is 4.79 Å². The van der Waals surface area contributed by atoms with E-state index < -0.39 is 0 Å². The lowest BCUT2D eigenvalue weighted by Crippen LogP contribution is -2.09. The van der Waals surface area contributed by atoms with Gasteiger partial charge in [-0.15, -0.1) is 11.8 Å². The first-order valence-electron chi connectivity index (χ1n) is 6.71. The SMILES string of the molecule is COC(=O)C[C@H](C)S[C@H](C)c1nc(-c2ccccc2)no1. The van der Waals surface area contributed by atoms with Crippen LogP contribution in [0.2, 0.25) is 0 Å². The summed E-state index contributed by atoms with van der Waals surface area (Å²) in [5, 5.41) is 4.15. The second-order valence-electron chi connectivity index (χ2n) is 4.69. The Morgan fingerprint density at radius 2 is 2.05 bits per heavy atom. The molecule has 1 aromatic heterocycles. The van der Waals surface area contributed by atoms with Crippen LogP contribution in [-0.4, -0.2) is 28.5 Å². The van der Waals surface area contributed by atoms with Crippen molar-refractivity contribution in [2.75, 3.05) is 7.11 Å². The summed E-state index contributed by atoms with van der Waals surface area (Å²) in [7, 11) is 1.40. The minimum atomic E-state index is -0.210. The highest BCUT2D eigenvalue weighted by Crippen LogP contribution is 2.33. The van der Waals surface area contributed by atoms with Crippen molar-refractivity contribution in [1.82, 2.24) is 10.1 Å². The van der Waals surface area contributed by atoms with Crippen LogP contribution < -0.4 is 0 Å². The zero-order chi connectivity index (χ0) is 15.2. The fraction of sp³-hybridized carbons (Fsp3) is 0.400. The molecule has 0 aliphatic heterocycles. The molecule has 0 saturated heterocycles. The van der Waals surface area contributed by atoms with Crippen molar-refractivity contribution >= 4 is 17.7 Å². The van der Waals surface area contributed by atoms with Gasteiger partial charge >= 0.3 is 5.97 Å². The lowest BCUT2D eigenvalue weighted by atomic mass is 10.2. The normalized spacial score (nSPS) is 13.7. The minimum absolute atomic E-state index is 0.0228. The second-order valence-corrected chi connectivity index (χ2v) is 6.48.